The second-order valence-electron chi connectivity index (χ2n) is 11.3. The molecule has 1 aliphatic heterocycles. The summed E-state index contributed by atoms with van der Waals surface area (Å²) in [5.41, 5.74) is 3.03. The normalized spacial score (nSPS) is 15.1. The van der Waals surface area contributed by atoms with Gasteiger partial charge in [0.1, 0.15) is 40.8 Å². The van der Waals surface area contributed by atoms with Crippen molar-refractivity contribution in [2.45, 2.75) is 37.6 Å². The van der Waals surface area contributed by atoms with Gasteiger partial charge in [-0.05, 0) is 54.8 Å². The molecule has 2 aromatic heterocycles. The van der Waals surface area contributed by atoms with E-state index in [9.17, 15) is 18.0 Å². The Labute approximate surface area is 275 Å². The molecule has 7 rings (SSSR count). The zero-order valence-corrected chi connectivity index (χ0v) is 26.7. The van der Waals surface area contributed by atoms with Gasteiger partial charge in [-0.15, -0.1) is 13.2 Å². The Morgan fingerprint density at radius 3 is 2.55 bits per heavy atom. The summed E-state index contributed by atoms with van der Waals surface area (Å²) in [7, 11) is 2.87. The summed E-state index contributed by atoms with van der Waals surface area (Å²) in [4.78, 5) is 19.0. The van der Waals surface area contributed by atoms with Crippen LogP contribution >= 0.6 is 22.9 Å². The molecule has 2 fully saturated rings. The molecule has 0 amide bonds. The number of methoxy groups -OCH3 is 2. The van der Waals surface area contributed by atoms with E-state index < -0.39 is 12.3 Å². The van der Waals surface area contributed by atoms with Crippen molar-refractivity contribution in [2.24, 2.45) is 0 Å². The lowest BCUT2D eigenvalue weighted by molar-refractivity contribution is -0.274. The Bertz CT molecular complexity index is 1970. The highest BCUT2D eigenvalue weighted by Crippen LogP contribution is 2.46. The number of para-hydroxylation sites is 1. The van der Waals surface area contributed by atoms with E-state index in [1.165, 1.54) is 43.8 Å². The molecule has 1 aliphatic carbocycles. The lowest BCUT2D eigenvalue weighted by Crippen LogP contribution is -2.45. The topological polar surface area (TPSA) is 96.2 Å². The largest absolute Gasteiger partial charge is 0.573 e. The van der Waals surface area contributed by atoms with Crippen molar-refractivity contribution in [3.05, 3.63) is 82.1 Å². The number of nitrogens with zero attached hydrogens (tertiary/aromatic N) is 3. The number of rotatable bonds is 10. The third-order valence-corrected chi connectivity index (χ3v) is 9.56. The lowest BCUT2D eigenvalue weighted by Gasteiger charge is -2.39. The molecule has 0 radical (unpaired) electrons. The van der Waals surface area contributed by atoms with E-state index >= 15 is 0 Å². The standard InChI is InChI=1S/C33H27ClF3N3O6S/c1-42-26-11-18(31(41)43-2)12-27-29(26)38-32(47-27)40-14-19(15-40)21-10-9-20(13-24(21)34)44-16-23-28(39-46-30(23)17-7-8-17)22-5-3-4-6-25(22)45-33(35,36)37/h3-6,9-13,17,19H,7-8,14-16H2,1-2H3. The van der Waals surface area contributed by atoms with Gasteiger partial charge in [0.2, 0.25) is 0 Å². The van der Waals surface area contributed by atoms with Crippen LogP contribution in [0.1, 0.15) is 51.9 Å². The number of carbonyl (C=O) groups excluding carboxylic acids is 1. The van der Waals surface area contributed by atoms with Gasteiger partial charge in [-0.1, -0.05) is 46.3 Å². The second-order valence-corrected chi connectivity index (χ2v) is 12.7. The van der Waals surface area contributed by atoms with Gasteiger partial charge in [0.15, 0.2) is 5.13 Å². The van der Waals surface area contributed by atoms with Crippen molar-refractivity contribution in [2.75, 3.05) is 32.2 Å². The van der Waals surface area contributed by atoms with Gasteiger partial charge in [-0.3, -0.25) is 0 Å². The molecule has 47 heavy (non-hydrogen) atoms. The predicted molar refractivity (Wildman–Crippen MR) is 169 cm³/mol. The van der Waals surface area contributed by atoms with E-state index in [-0.39, 0.29) is 35.4 Å². The highest BCUT2D eigenvalue weighted by Gasteiger charge is 2.36. The maximum Gasteiger partial charge on any atom is 0.573 e. The molecule has 0 N–H and O–H groups in total. The van der Waals surface area contributed by atoms with E-state index in [2.05, 4.69) is 14.8 Å². The van der Waals surface area contributed by atoms with E-state index in [0.717, 1.165) is 28.2 Å². The van der Waals surface area contributed by atoms with E-state index in [0.29, 0.717) is 52.0 Å². The van der Waals surface area contributed by atoms with Gasteiger partial charge in [0.05, 0.1) is 30.0 Å². The minimum absolute atomic E-state index is 0.0245. The molecule has 9 nitrogen and oxygen atoms in total. The first-order valence-corrected chi connectivity index (χ1v) is 15.9. The number of ether oxygens (including phenoxy) is 4. The Balaban J connectivity index is 1.05. The number of benzene rings is 3. The van der Waals surface area contributed by atoms with Crippen LogP contribution < -0.4 is 19.1 Å². The first-order chi connectivity index (χ1) is 22.6. The van der Waals surface area contributed by atoms with Crippen LogP contribution in [-0.2, 0) is 11.3 Å². The van der Waals surface area contributed by atoms with E-state index in [4.69, 9.17) is 35.3 Å². The van der Waals surface area contributed by atoms with E-state index in [1.807, 2.05) is 12.1 Å². The zero-order valence-electron chi connectivity index (χ0n) is 25.1. The average Bonchev–Trinajstić information content (AvgIpc) is 3.64. The number of esters is 1. The van der Waals surface area contributed by atoms with Crippen LogP contribution in [0, 0.1) is 0 Å². The quantitative estimate of drug-likeness (QED) is 0.134. The molecule has 3 aromatic carbocycles. The number of halogens is 4. The van der Waals surface area contributed by atoms with Crippen LogP contribution in [0.4, 0.5) is 18.3 Å². The summed E-state index contributed by atoms with van der Waals surface area (Å²) in [5.74, 6) is 1.10. The second kappa shape index (κ2) is 12.3. The molecule has 1 saturated heterocycles. The fourth-order valence-electron chi connectivity index (χ4n) is 5.64. The molecule has 5 aromatic rings. The predicted octanol–water partition coefficient (Wildman–Crippen LogP) is 8.36. The number of aromatic nitrogens is 2. The van der Waals surface area contributed by atoms with Crippen LogP contribution in [0.15, 0.2) is 59.1 Å². The molecule has 3 heterocycles. The summed E-state index contributed by atoms with van der Waals surface area (Å²) in [6.45, 7) is 1.41. The number of hydrogen-bond donors (Lipinski definition) is 0. The molecule has 0 unspecified atom stereocenters. The van der Waals surface area contributed by atoms with Crippen molar-refractivity contribution in [1.29, 1.82) is 0 Å². The minimum atomic E-state index is -4.86. The number of anilines is 1. The first-order valence-electron chi connectivity index (χ1n) is 14.7. The summed E-state index contributed by atoms with van der Waals surface area (Å²) < 4.78 is 66.5. The smallest absolute Gasteiger partial charge is 0.494 e. The molecule has 1 saturated carbocycles. The van der Waals surface area contributed by atoms with Crippen molar-refractivity contribution in [3.63, 3.8) is 0 Å². The Morgan fingerprint density at radius 2 is 1.85 bits per heavy atom. The fraction of sp³-hybridized carbons (Fsp3) is 0.303. The Kier molecular flexibility index (Phi) is 8.13. The van der Waals surface area contributed by atoms with Gasteiger partial charge in [-0.25, -0.2) is 9.78 Å². The number of hydrogen-bond acceptors (Lipinski definition) is 10. The van der Waals surface area contributed by atoms with Crippen molar-refractivity contribution < 1.29 is 41.4 Å². The van der Waals surface area contributed by atoms with Gasteiger partial charge in [0.25, 0.3) is 0 Å². The van der Waals surface area contributed by atoms with Crippen molar-refractivity contribution >= 4 is 44.3 Å². The van der Waals surface area contributed by atoms with Gasteiger partial charge < -0.3 is 28.4 Å². The maximum absolute atomic E-state index is 13.1. The van der Waals surface area contributed by atoms with E-state index in [1.54, 1.807) is 24.3 Å². The number of fused-ring (bicyclic) bond motifs is 1. The third kappa shape index (κ3) is 6.29. The molecular formula is C33H27ClF3N3O6S. The molecule has 0 spiro atoms. The van der Waals surface area contributed by atoms with Crippen LogP contribution in [0.25, 0.3) is 21.5 Å². The summed E-state index contributed by atoms with van der Waals surface area (Å²) in [6.07, 6.45) is -3.05. The van der Waals surface area contributed by atoms with Crippen molar-refractivity contribution in [1.82, 2.24) is 10.1 Å². The molecule has 14 heteroatoms. The zero-order chi connectivity index (χ0) is 32.9. The number of thiazole rings is 1. The van der Waals surface area contributed by atoms with Crippen LogP contribution in [-0.4, -0.2) is 49.8 Å². The summed E-state index contributed by atoms with van der Waals surface area (Å²) in [5, 5.41) is 5.48. The van der Waals surface area contributed by atoms with Gasteiger partial charge >= 0.3 is 12.3 Å². The average molecular weight is 686 g/mol. The molecule has 2 aliphatic rings. The fourth-order valence-corrected chi connectivity index (χ4v) is 7.01. The summed E-state index contributed by atoms with van der Waals surface area (Å²) in [6, 6.07) is 14.7. The Morgan fingerprint density at radius 1 is 1.06 bits per heavy atom. The Hall–Kier alpha value is -4.49. The van der Waals surface area contributed by atoms with Crippen LogP contribution in [0.2, 0.25) is 5.02 Å². The minimum Gasteiger partial charge on any atom is -0.494 e. The highest BCUT2D eigenvalue weighted by molar-refractivity contribution is 7.22. The lowest BCUT2D eigenvalue weighted by atomic mass is 9.92. The molecule has 0 bridgehead atoms. The first kappa shape index (κ1) is 31.1. The van der Waals surface area contributed by atoms with Crippen LogP contribution in [0.5, 0.6) is 17.2 Å². The number of carbonyl (C=O) groups is 1. The third-order valence-electron chi connectivity index (χ3n) is 8.17. The van der Waals surface area contributed by atoms with Gasteiger partial charge in [-0.2, -0.15) is 0 Å². The molecular weight excluding hydrogens is 659 g/mol. The monoisotopic (exact) mass is 685 g/mol. The molecule has 244 valence electrons. The number of alkyl halides is 3. The molecule has 0 atom stereocenters. The van der Waals surface area contributed by atoms with Crippen LogP contribution in [0.3, 0.4) is 0 Å². The van der Waals surface area contributed by atoms with Gasteiger partial charge in [0, 0.05) is 35.5 Å². The highest BCUT2D eigenvalue weighted by atomic mass is 35.5. The summed E-state index contributed by atoms with van der Waals surface area (Å²) >= 11 is 8.20. The SMILES string of the molecule is COC(=O)c1cc(OC)c2nc(N3CC(c4ccc(OCc5c(-c6ccccc6OC(F)(F)F)noc5C5CC5)cc4Cl)C3)sc2c1. The van der Waals surface area contributed by atoms with Crippen molar-refractivity contribution in [3.8, 4) is 28.5 Å². The maximum atomic E-state index is 13.1.